The Bertz CT molecular complexity index is 683. The molecule has 1 aromatic heterocycles. The molecule has 0 amide bonds. The van der Waals surface area contributed by atoms with Gasteiger partial charge in [-0.3, -0.25) is 14.5 Å². The van der Waals surface area contributed by atoms with Crippen molar-refractivity contribution in [1.29, 1.82) is 0 Å². The fourth-order valence-electron chi connectivity index (χ4n) is 3.05. The first-order valence-electron chi connectivity index (χ1n) is 8.06. The van der Waals surface area contributed by atoms with Gasteiger partial charge in [0.25, 0.3) is 0 Å². The number of halogens is 2. The number of benzene rings is 1. The second-order valence-corrected chi connectivity index (χ2v) is 6.28. The zero-order valence-electron chi connectivity index (χ0n) is 13.7. The number of aromatic nitrogens is 2. The summed E-state index contributed by atoms with van der Waals surface area (Å²) in [5.41, 5.74) is 1.20. The molecule has 1 aliphatic heterocycles. The van der Waals surface area contributed by atoms with Gasteiger partial charge in [-0.05, 0) is 18.2 Å². The SMILES string of the molecule is Cn1cc(CN2CCN(C[C@H](O)c3cc(F)ccc3F)CC2)cn1. The van der Waals surface area contributed by atoms with Gasteiger partial charge in [0, 0.05) is 63.6 Å². The van der Waals surface area contributed by atoms with Gasteiger partial charge in [0.1, 0.15) is 11.6 Å². The van der Waals surface area contributed by atoms with Crippen LogP contribution in [0.15, 0.2) is 30.6 Å². The summed E-state index contributed by atoms with van der Waals surface area (Å²) in [4.78, 5) is 4.40. The molecule has 0 spiro atoms. The van der Waals surface area contributed by atoms with Crippen molar-refractivity contribution in [3.05, 3.63) is 53.4 Å². The van der Waals surface area contributed by atoms with E-state index >= 15 is 0 Å². The Morgan fingerprint density at radius 2 is 1.88 bits per heavy atom. The second-order valence-electron chi connectivity index (χ2n) is 6.28. The molecule has 24 heavy (non-hydrogen) atoms. The maximum atomic E-state index is 13.7. The van der Waals surface area contributed by atoms with Crippen LogP contribution in [-0.2, 0) is 13.6 Å². The van der Waals surface area contributed by atoms with Gasteiger partial charge in [0.15, 0.2) is 0 Å². The van der Waals surface area contributed by atoms with E-state index in [-0.39, 0.29) is 5.56 Å². The van der Waals surface area contributed by atoms with Crippen LogP contribution in [0.2, 0.25) is 0 Å². The molecule has 130 valence electrons. The van der Waals surface area contributed by atoms with E-state index in [2.05, 4.69) is 14.9 Å². The van der Waals surface area contributed by atoms with E-state index in [0.717, 1.165) is 50.9 Å². The van der Waals surface area contributed by atoms with Crippen molar-refractivity contribution in [2.24, 2.45) is 7.05 Å². The topological polar surface area (TPSA) is 44.5 Å². The van der Waals surface area contributed by atoms with Crippen LogP contribution in [0.3, 0.4) is 0 Å². The van der Waals surface area contributed by atoms with E-state index in [9.17, 15) is 13.9 Å². The number of rotatable bonds is 5. The Kier molecular flexibility index (Phi) is 5.23. The molecule has 1 saturated heterocycles. The first-order valence-corrected chi connectivity index (χ1v) is 8.06. The molecule has 0 bridgehead atoms. The summed E-state index contributed by atoms with van der Waals surface area (Å²) in [5, 5.41) is 14.4. The monoisotopic (exact) mass is 336 g/mol. The van der Waals surface area contributed by atoms with Gasteiger partial charge in [-0.1, -0.05) is 0 Å². The van der Waals surface area contributed by atoms with E-state index < -0.39 is 17.7 Å². The number of aliphatic hydroxyl groups is 1. The number of nitrogens with zero attached hydrogens (tertiary/aromatic N) is 4. The first-order chi connectivity index (χ1) is 11.5. The molecule has 0 radical (unpaired) electrons. The number of β-amino-alcohol motifs (C(OH)–C–C–N with tert-alkyl or cyclic N) is 1. The highest BCUT2D eigenvalue weighted by Crippen LogP contribution is 2.20. The third-order valence-corrected chi connectivity index (χ3v) is 4.38. The Balaban J connectivity index is 1.50. The Morgan fingerprint density at radius 1 is 1.17 bits per heavy atom. The van der Waals surface area contributed by atoms with Crippen LogP contribution in [0.4, 0.5) is 8.78 Å². The summed E-state index contributed by atoms with van der Waals surface area (Å²) in [7, 11) is 1.90. The van der Waals surface area contributed by atoms with E-state index in [0.29, 0.717) is 6.54 Å². The largest absolute Gasteiger partial charge is 0.387 e. The third-order valence-electron chi connectivity index (χ3n) is 4.38. The van der Waals surface area contributed by atoms with Crippen molar-refractivity contribution in [2.45, 2.75) is 12.6 Å². The number of aryl methyl sites for hydroxylation is 1. The molecule has 2 aromatic rings. The van der Waals surface area contributed by atoms with Crippen molar-refractivity contribution in [3.8, 4) is 0 Å². The number of hydrogen-bond acceptors (Lipinski definition) is 4. The fourth-order valence-corrected chi connectivity index (χ4v) is 3.05. The van der Waals surface area contributed by atoms with E-state index in [4.69, 9.17) is 0 Å². The lowest BCUT2D eigenvalue weighted by molar-refractivity contribution is 0.0683. The highest BCUT2D eigenvalue weighted by molar-refractivity contribution is 5.21. The summed E-state index contributed by atoms with van der Waals surface area (Å²) >= 11 is 0. The molecule has 0 unspecified atom stereocenters. The van der Waals surface area contributed by atoms with Gasteiger partial charge >= 0.3 is 0 Å². The summed E-state index contributed by atoms with van der Waals surface area (Å²) in [6, 6.07) is 3.18. The van der Waals surface area contributed by atoms with Gasteiger partial charge in [-0.15, -0.1) is 0 Å². The lowest BCUT2D eigenvalue weighted by Crippen LogP contribution is -2.47. The molecule has 1 aromatic carbocycles. The molecule has 1 aliphatic rings. The maximum absolute atomic E-state index is 13.7. The summed E-state index contributed by atoms with van der Waals surface area (Å²) in [6.07, 6.45) is 2.84. The normalized spacial score (nSPS) is 18.0. The molecule has 2 heterocycles. The minimum absolute atomic E-state index is 0.0211. The van der Waals surface area contributed by atoms with Gasteiger partial charge in [0.2, 0.25) is 0 Å². The molecule has 0 aliphatic carbocycles. The van der Waals surface area contributed by atoms with Crippen LogP contribution < -0.4 is 0 Å². The Hall–Kier alpha value is -1.83. The van der Waals surface area contributed by atoms with Gasteiger partial charge in [0.05, 0.1) is 12.3 Å². The standard InChI is InChI=1S/C17H22F2N4O/c1-21-10-13(9-20-21)11-22-4-6-23(7-5-22)12-17(24)15-8-14(18)2-3-16(15)19/h2-3,8-10,17,24H,4-7,11-12H2,1H3/t17-/m0/s1. The number of aliphatic hydroxyl groups excluding tert-OH is 1. The lowest BCUT2D eigenvalue weighted by atomic mass is 10.1. The summed E-state index contributed by atoms with van der Waals surface area (Å²) < 4.78 is 28.7. The molecule has 1 atom stereocenters. The lowest BCUT2D eigenvalue weighted by Gasteiger charge is -2.35. The fraction of sp³-hybridized carbons (Fsp3) is 0.471. The second kappa shape index (κ2) is 7.38. The van der Waals surface area contributed by atoms with Crippen LogP contribution in [0, 0.1) is 11.6 Å². The van der Waals surface area contributed by atoms with Crippen LogP contribution in [0.1, 0.15) is 17.2 Å². The highest BCUT2D eigenvalue weighted by atomic mass is 19.1. The third kappa shape index (κ3) is 4.17. The minimum atomic E-state index is -1.02. The van der Waals surface area contributed by atoms with Gasteiger partial charge in [-0.2, -0.15) is 5.10 Å². The van der Waals surface area contributed by atoms with Crippen molar-refractivity contribution < 1.29 is 13.9 Å². The Morgan fingerprint density at radius 3 is 2.54 bits per heavy atom. The van der Waals surface area contributed by atoms with Gasteiger partial charge in [-0.25, -0.2) is 8.78 Å². The molecular weight excluding hydrogens is 314 g/mol. The predicted octanol–water partition coefficient (Wildman–Crippen LogP) is 1.55. The van der Waals surface area contributed by atoms with Crippen molar-refractivity contribution >= 4 is 0 Å². The molecule has 1 fully saturated rings. The predicted molar refractivity (Wildman–Crippen MR) is 86.2 cm³/mol. The summed E-state index contributed by atoms with van der Waals surface area (Å²) in [5.74, 6) is -1.11. The number of hydrogen-bond donors (Lipinski definition) is 1. The van der Waals surface area contributed by atoms with Crippen LogP contribution in [0.25, 0.3) is 0 Å². The minimum Gasteiger partial charge on any atom is -0.387 e. The molecule has 5 nitrogen and oxygen atoms in total. The molecule has 0 saturated carbocycles. The average molecular weight is 336 g/mol. The zero-order valence-corrected chi connectivity index (χ0v) is 13.7. The first kappa shape index (κ1) is 17.0. The average Bonchev–Trinajstić information content (AvgIpc) is 2.96. The van der Waals surface area contributed by atoms with Crippen LogP contribution in [0.5, 0.6) is 0 Å². The Labute approximate surface area is 140 Å². The van der Waals surface area contributed by atoms with Gasteiger partial charge < -0.3 is 5.11 Å². The van der Waals surface area contributed by atoms with Crippen molar-refractivity contribution in [2.75, 3.05) is 32.7 Å². The van der Waals surface area contributed by atoms with Crippen molar-refractivity contribution in [1.82, 2.24) is 19.6 Å². The summed E-state index contributed by atoms with van der Waals surface area (Å²) in [6.45, 7) is 4.47. The van der Waals surface area contributed by atoms with Crippen molar-refractivity contribution in [3.63, 3.8) is 0 Å². The highest BCUT2D eigenvalue weighted by Gasteiger charge is 2.22. The van der Waals surface area contributed by atoms with E-state index in [1.807, 2.05) is 19.4 Å². The molecule has 3 rings (SSSR count). The quantitative estimate of drug-likeness (QED) is 0.900. The molecule has 1 N–H and O–H groups in total. The maximum Gasteiger partial charge on any atom is 0.129 e. The van der Waals surface area contributed by atoms with Crippen LogP contribution in [-0.4, -0.2) is 57.4 Å². The van der Waals surface area contributed by atoms with Crippen LogP contribution >= 0.6 is 0 Å². The molecular formula is C17H22F2N4O. The molecule has 7 heteroatoms. The number of piperazine rings is 1. The zero-order chi connectivity index (χ0) is 17.1. The van der Waals surface area contributed by atoms with E-state index in [1.165, 1.54) is 5.56 Å². The van der Waals surface area contributed by atoms with E-state index in [1.54, 1.807) is 4.68 Å². The smallest absolute Gasteiger partial charge is 0.129 e.